The molecule has 3 N–H and O–H groups in total. The molecule has 2 heterocycles. The molecule has 7 heteroatoms. The largest absolute Gasteiger partial charge is 0.271 e. The maximum Gasteiger partial charge on any atom is 0.0738 e. The second-order valence-corrected chi connectivity index (χ2v) is 7.35. The third-order valence-corrected chi connectivity index (χ3v) is 5.60. The standard InChI is InChI=1S/C12H16Br2N4S/c1-3-18-10(12(14)7(2)17-18)5-9(16-15)8-4-11(13)19-6-8/h4,6,9,16H,3,5,15H2,1-2H3. The van der Waals surface area contributed by atoms with Gasteiger partial charge in [-0.3, -0.25) is 16.0 Å². The molecule has 0 aromatic carbocycles. The normalized spacial score (nSPS) is 12.9. The summed E-state index contributed by atoms with van der Waals surface area (Å²) in [7, 11) is 0. The van der Waals surface area contributed by atoms with Crippen LogP contribution in [-0.4, -0.2) is 9.78 Å². The van der Waals surface area contributed by atoms with Crippen molar-refractivity contribution in [2.24, 2.45) is 5.84 Å². The number of hydrazine groups is 1. The molecule has 0 saturated heterocycles. The van der Waals surface area contributed by atoms with Crippen molar-refractivity contribution in [3.63, 3.8) is 0 Å². The van der Waals surface area contributed by atoms with E-state index >= 15 is 0 Å². The molecule has 0 aliphatic carbocycles. The van der Waals surface area contributed by atoms with Crippen LogP contribution < -0.4 is 11.3 Å². The fourth-order valence-electron chi connectivity index (χ4n) is 2.04. The molecule has 1 atom stereocenters. The Balaban J connectivity index is 2.28. The number of nitrogens with one attached hydrogen (secondary N) is 1. The zero-order valence-electron chi connectivity index (χ0n) is 10.8. The summed E-state index contributed by atoms with van der Waals surface area (Å²) >= 11 is 8.77. The van der Waals surface area contributed by atoms with E-state index < -0.39 is 0 Å². The number of hydrogen-bond donors (Lipinski definition) is 2. The second-order valence-electron chi connectivity index (χ2n) is 4.27. The van der Waals surface area contributed by atoms with E-state index in [0.29, 0.717) is 0 Å². The highest BCUT2D eigenvalue weighted by Gasteiger charge is 2.19. The van der Waals surface area contributed by atoms with Crippen molar-refractivity contribution in [2.75, 3.05) is 0 Å². The van der Waals surface area contributed by atoms with Crippen LogP contribution in [0.4, 0.5) is 0 Å². The lowest BCUT2D eigenvalue weighted by atomic mass is 10.1. The average Bonchev–Trinajstić information content (AvgIpc) is 2.93. The smallest absolute Gasteiger partial charge is 0.0738 e. The lowest BCUT2D eigenvalue weighted by molar-refractivity contribution is 0.517. The van der Waals surface area contributed by atoms with Gasteiger partial charge in [0.2, 0.25) is 0 Å². The molecular weight excluding hydrogens is 392 g/mol. The Morgan fingerprint density at radius 2 is 2.26 bits per heavy atom. The zero-order valence-corrected chi connectivity index (χ0v) is 14.8. The molecule has 2 aromatic heterocycles. The van der Waals surface area contributed by atoms with Gasteiger partial charge < -0.3 is 0 Å². The molecule has 0 radical (unpaired) electrons. The van der Waals surface area contributed by atoms with Crippen LogP contribution in [-0.2, 0) is 13.0 Å². The SMILES string of the molecule is CCn1nc(C)c(Br)c1CC(NN)c1csc(Br)c1. The van der Waals surface area contributed by atoms with Gasteiger partial charge in [0.25, 0.3) is 0 Å². The Morgan fingerprint density at radius 3 is 2.79 bits per heavy atom. The molecule has 104 valence electrons. The molecule has 0 spiro atoms. The third-order valence-electron chi connectivity index (χ3n) is 3.04. The summed E-state index contributed by atoms with van der Waals surface area (Å²) in [6, 6.07) is 2.18. The molecule has 2 aromatic rings. The molecule has 1 unspecified atom stereocenters. The molecule has 0 fully saturated rings. The van der Waals surface area contributed by atoms with Gasteiger partial charge in [-0.15, -0.1) is 11.3 Å². The van der Waals surface area contributed by atoms with E-state index in [1.165, 1.54) is 11.3 Å². The number of halogens is 2. The van der Waals surface area contributed by atoms with Gasteiger partial charge in [0.15, 0.2) is 0 Å². The van der Waals surface area contributed by atoms with Gasteiger partial charge >= 0.3 is 0 Å². The fourth-order valence-corrected chi connectivity index (χ4v) is 3.71. The summed E-state index contributed by atoms with van der Waals surface area (Å²) in [4.78, 5) is 0. The topological polar surface area (TPSA) is 55.9 Å². The van der Waals surface area contributed by atoms with E-state index in [4.69, 9.17) is 5.84 Å². The van der Waals surface area contributed by atoms with Crippen molar-refractivity contribution in [3.8, 4) is 0 Å². The molecule has 19 heavy (non-hydrogen) atoms. The summed E-state index contributed by atoms with van der Waals surface area (Å²) in [5.74, 6) is 5.70. The highest BCUT2D eigenvalue weighted by molar-refractivity contribution is 9.11. The Kier molecular flexibility index (Phi) is 5.19. The second kappa shape index (κ2) is 6.49. The number of rotatable bonds is 5. The molecule has 0 aliphatic rings. The van der Waals surface area contributed by atoms with Gasteiger partial charge in [0, 0.05) is 13.0 Å². The average molecular weight is 408 g/mol. The van der Waals surface area contributed by atoms with Crippen molar-refractivity contribution in [1.82, 2.24) is 15.2 Å². The van der Waals surface area contributed by atoms with E-state index in [1.54, 1.807) is 11.3 Å². The predicted molar refractivity (Wildman–Crippen MR) is 86.1 cm³/mol. The Labute approximate surface area is 133 Å². The summed E-state index contributed by atoms with van der Waals surface area (Å²) in [6.45, 7) is 4.95. The quantitative estimate of drug-likeness (QED) is 0.588. The van der Waals surface area contributed by atoms with E-state index in [1.807, 2.05) is 11.6 Å². The van der Waals surface area contributed by atoms with E-state index in [-0.39, 0.29) is 6.04 Å². The summed E-state index contributed by atoms with van der Waals surface area (Å²) in [5, 5.41) is 6.62. The van der Waals surface area contributed by atoms with Crippen LogP contribution >= 0.6 is 43.2 Å². The molecule has 0 saturated carbocycles. The lowest BCUT2D eigenvalue weighted by Gasteiger charge is -2.15. The van der Waals surface area contributed by atoms with Crippen LogP contribution in [0.1, 0.15) is 29.9 Å². The lowest BCUT2D eigenvalue weighted by Crippen LogP contribution is -2.30. The van der Waals surface area contributed by atoms with Crippen molar-refractivity contribution >= 4 is 43.2 Å². The van der Waals surface area contributed by atoms with E-state index in [2.05, 4.69) is 60.8 Å². The molecule has 0 bridgehead atoms. The number of hydrogen-bond acceptors (Lipinski definition) is 4. The number of aromatic nitrogens is 2. The summed E-state index contributed by atoms with van der Waals surface area (Å²) < 4.78 is 4.21. The highest BCUT2D eigenvalue weighted by Crippen LogP contribution is 2.30. The van der Waals surface area contributed by atoms with Crippen LogP contribution in [0.5, 0.6) is 0 Å². The Bertz CT molecular complexity index is 564. The van der Waals surface area contributed by atoms with Crippen molar-refractivity contribution in [2.45, 2.75) is 32.9 Å². The van der Waals surface area contributed by atoms with Crippen LogP contribution in [0.2, 0.25) is 0 Å². The van der Waals surface area contributed by atoms with Crippen LogP contribution in [0.25, 0.3) is 0 Å². The molecule has 4 nitrogen and oxygen atoms in total. The summed E-state index contributed by atoms with van der Waals surface area (Å²) in [6.07, 6.45) is 0.801. The minimum Gasteiger partial charge on any atom is -0.271 e. The van der Waals surface area contributed by atoms with E-state index in [0.717, 1.165) is 26.9 Å². The molecule has 2 rings (SSSR count). The first kappa shape index (κ1) is 15.2. The molecule has 0 amide bonds. The van der Waals surface area contributed by atoms with Crippen LogP contribution in [0, 0.1) is 6.92 Å². The number of thiophene rings is 1. The summed E-state index contributed by atoms with van der Waals surface area (Å²) in [5.41, 5.74) is 6.26. The minimum atomic E-state index is 0.0836. The first-order valence-corrected chi connectivity index (χ1v) is 8.45. The third kappa shape index (κ3) is 3.28. The van der Waals surface area contributed by atoms with E-state index in [9.17, 15) is 0 Å². The van der Waals surface area contributed by atoms with Gasteiger partial charge in [0.05, 0.1) is 25.7 Å². The minimum absolute atomic E-state index is 0.0836. The number of nitrogens with two attached hydrogens (primary N) is 1. The van der Waals surface area contributed by atoms with Gasteiger partial charge in [-0.05, 0) is 62.7 Å². The monoisotopic (exact) mass is 406 g/mol. The van der Waals surface area contributed by atoms with Crippen LogP contribution in [0.3, 0.4) is 0 Å². The molecular formula is C12H16Br2N4S. The maximum absolute atomic E-state index is 5.70. The van der Waals surface area contributed by atoms with Gasteiger partial charge in [-0.2, -0.15) is 5.10 Å². The van der Waals surface area contributed by atoms with Crippen molar-refractivity contribution in [3.05, 3.63) is 36.7 Å². The highest BCUT2D eigenvalue weighted by atomic mass is 79.9. The van der Waals surface area contributed by atoms with Crippen LogP contribution in [0.15, 0.2) is 19.7 Å². The maximum atomic E-state index is 5.70. The number of nitrogens with zero attached hydrogens (tertiary/aromatic N) is 2. The first-order valence-electron chi connectivity index (χ1n) is 5.98. The number of aryl methyl sites for hydroxylation is 2. The predicted octanol–water partition coefficient (Wildman–Crippen LogP) is 3.55. The Morgan fingerprint density at radius 1 is 1.53 bits per heavy atom. The fraction of sp³-hybridized carbons (Fsp3) is 0.417. The van der Waals surface area contributed by atoms with Gasteiger partial charge in [0.1, 0.15) is 0 Å². The van der Waals surface area contributed by atoms with Gasteiger partial charge in [-0.25, -0.2) is 0 Å². The van der Waals surface area contributed by atoms with Gasteiger partial charge in [-0.1, -0.05) is 0 Å². The Hall–Kier alpha value is -0.210. The molecule has 0 aliphatic heterocycles. The zero-order chi connectivity index (χ0) is 14.0. The van der Waals surface area contributed by atoms with Crippen molar-refractivity contribution < 1.29 is 0 Å². The first-order chi connectivity index (χ1) is 9.06. The van der Waals surface area contributed by atoms with Crippen molar-refractivity contribution in [1.29, 1.82) is 0 Å².